The van der Waals surface area contributed by atoms with E-state index in [0.717, 1.165) is 29.6 Å². The summed E-state index contributed by atoms with van der Waals surface area (Å²) in [7, 11) is 0. The predicted molar refractivity (Wildman–Crippen MR) is 59.7 cm³/mol. The third-order valence-electron chi connectivity index (χ3n) is 5.35. The molecule has 1 radical (unpaired) electrons. The van der Waals surface area contributed by atoms with Crippen molar-refractivity contribution in [3.8, 4) is 0 Å². The summed E-state index contributed by atoms with van der Waals surface area (Å²) in [5.74, 6) is 7.33. The molecule has 79 valence electrons. The van der Waals surface area contributed by atoms with Gasteiger partial charge in [0.2, 0.25) is 0 Å². The summed E-state index contributed by atoms with van der Waals surface area (Å²) >= 11 is 0. The third kappa shape index (κ3) is 1.26. The fraction of sp³-hybridized carbons (Fsp3) is 0.929. The molecule has 0 aliphatic heterocycles. The lowest BCUT2D eigenvalue weighted by atomic mass is 9.49. The van der Waals surface area contributed by atoms with Crippen LogP contribution in [-0.4, -0.2) is 0 Å². The van der Waals surface area contributed by atoms with Crippen molar-refractivity contribution in [2.24, 2.45) is 29.6 Å². The van der Waals surface area contributed by atoms with Crippen LogP contribution >= 0.6 is 0 Å². The van der Waals surface area contributed by atoms with Crippen LogP contribution in [0.15, 0.2) is 0 Å². The maximum atomic E-state index is 2.42. The van der Waals surface area contributed by atoms with Crippen LogP contribution in [0.5, 0.6) is 0 Å². The Bertz CT molecular complexity index is 190. The van der Waals surface area contributed by atoms with Crippen LogP contribution in [0.3, 0.4) is 0 Å². The smallest absolute Gasteiger partial charge is 0.0238 e. The second-order valence-corrected chi connectivity index (χ2v) is 6.16. The molecule has 4 bridgehead atoms. The van der Waals surface area contributed by atoms with Gasteiger partial charge >= 0.3 is 0 Å². The molecule has 4 aliphatic carbocycles. The minimum Gasteiger partial charge on any atom is -0.0648 e. The van der Waals surface area contributed by atoms with E-state index >= 15 is 0 Å². The van der Waals surface area contributed by atoms with Crippen molar-refractivity contribution >= 4 is 0 Å². The van der Waals surface area contributed by atoms with Crippen molar-refractivity contribution < 1.29 is 0 Å². The van der Waals surface area contributed by atoms with E-state index in [4.69, 9.17) is 0 Å². The van der Waals surface area contributed by atoms with Gasteiger partial charge in [0.15, 0.2) is 0 Å². The SMILES string of the molecule is CC[C](C)C1C2CC3CC(C2)CC1C3. The van der Waals surface area contributed by atoms with E-state index in [9.17, 15) is 0 Å². The zero-order chi connectivity index (χ0) is 9.71. The lowest BCUT2D eigenvalue weighted by Gasteiger charge is -2.56. The number of rotatable bonds is 2. The molecule has 0 aromatic rings. The van der Waals surface area contributed by atoms with Crippen molar-refractivity contribution in [1.82, 2.24) is 0 Å². The van der Waals surface area contributed by atoms with Gasteiger partial charge in [-0.05, 0) is 74.0 Å². The van der Waals surface area contributed by atoms with Gasteiger partial charge in [0.25, 0.3) is 0 Å². The fourth-order valence-corrected chi connectivity index (χ4v) is 4.97. The summed E-state index contributed by atoms with van der Waals surface area (Å²) in [5.41, 5.74) is 0. The summed E-state index contributed by atoms with van der Waals surface area (Å²) in [6.07, 6.45) is 9.23. The highest BCUT2D eigenvalue weighted by Crippen LogP contribution is 2.58. The van der Waals surface area contributed by atoms with Crippen LogP contribution in [0.4, 0.5) is 0 Å². The van der Waals surface area contributed by atoms with Gasteiger partial charge in [0.1, 0.15) is 0 Å². The van der Waals surface area contributed by atoms with Crippen molar-refractivity contribution in [3.05, 3.63) is 5.92 Å². The number of hydrogen-bond donors (Lipinski definition) is 0. The highest BCUT2D eigenvalue weighted by atomic mass is 14.5. The van der Waals surface area contributed by atoms with Gasteiger partial charge in [-0.3, -0.25) is 0 Å². The van der Waals surface area contributed by atoms with Gasteiger partial charge in [0.05, 0.1) is 0 Å². The Balaban J connectivity index is 1.81. The summed E-state index contributed by atoms with van der Waals surface area (Å²) in [6, 6.07) is 0. The van der Waals surface area contributed by atoms with E-state index < -0.39 is 0 Å². The average Bonchev–Trinajstić information content (AvgIpc) is 2.15. The minimum absolute atomic E-state index is 1.03. The van der Waals surface area contributed by atoms with Crippen LogP contribution in [0.1, 0.15) is 52.4 Å². The molecule has 0 atom stereocenters. The van der Waals surface area contributed by atoms with Crippen molar-refractivity contribution in [2.45, 2.75) is 52.4 Å². The van der Waals surface area contributed by atoms with Gasteiger partial charge in [-0.15, -0.1) is 0 Å². The largest absolute Gasteiger partial charge is 0.0648 e. The predicted octanol–water partition coefficient (Wildman–Crippen LogP) is 4.06. The van der Waals surface area contributed by atoms with Gasteiger partial charge < -0.3 is 0 Å². The monoisotopic (exact) mass is 191 g/mol. The molecular weight excluding hydrogens is 168 g/mol. The Hall–Kier alpha value is 0. The Labute approximate surface area is 88.5 Å². The van der Waals surface area contributed by atoms with E-state index in [0.29, 0.717) is 0 Å². The Morgan fingerprint density at radius 1 is 0.929 bits per heavy atom. The first-order chi connectivity index (χ1) is 6.78. The second kappa shape index (κ2) is 3.25. The third-order valence-corrected chi connectivity index (χ3v) is 5.35. The molecule has 0 amide bonds. The van der Waals surface area contributed by atoms with Gasteiger partial charge in [-0.1, -0.05) is 13.8 Å². The average molecular weight is 191 g/mol. The van der Waals surface area contributed by atoms with Crippen molar-refractivity contribution in [2.75, 3.05) is 0 Å². The second-order valence-electron chi connectivity index (χ2n) is 6.16. The van der Waals surface area contributed by atoms with Gasteiger partial charge in [-0.2, -0.15) is 0 Å². The first-order valence-corrected chi connectivity index (χ1v) is 6.60. The van der Waals surface area contributed by atoms with Crippen LogP contribution in [0.25, 0.3) is 0 Å². The van der Waals surface area contributed by atoms with Crippen LogP contribution < -0.4 is 0 Å². The molecule has 0 nitrogen and oxygen atoms in total. The van der Waals surface area contributed by atoms with E-state index in [2.05, 4.69) is 13.8 Å². The van der Waals surface area contributed by atoms with E-state index in [-0.39, 0.29) is 0 Å². The van der Waals surface area contributed by atoms with E-state index in [1.807, 2.05) is 5.92 Å². The molecule has 4 rings (SSSR count). The van der Waals surface area contributed by atoms with Crippen LogP contribution in [-0.2, 0) is 0 Å². The maximum absolute atomic E-state index is 2.42. The summed E-state index contributed by atoms with van der Waals surface area (Å²) < 4.78 is 0. The maximum Gasteiger partial charge on any atom is -0.0238 e. The quantitative estimate of drug-likeness (QED) is 0.617. The topological polar surface area (TPSA) is 0 Å². The lowest BCUT2D eigenvalue weighted by molar-refractivity contribution is -0.0307. The van der Waals surface area contributed by atoms with Crippen molar-refractivity contribution in [1.29, 1.82) is 0 Å². The highest BCUT2D eigenvalue weighted by molar-refractivity contribution is 5.07. The lowest BCUT2D eigenvalue weighted by Crippen LogP contribution is -2.46. The Morgan fingerprint density at radius 3 is 1.86 bits per heavy atom. The first kappa shape index (κ1) is 9.24. The standard InChI is InChI=1S/C14H23/c1-3-9(2)14-12-5-10-4-11(7-12)8-13(14)6-10/h10-14H,3-8H2,1-2H3. The van der Waals surface area contributed by atoms with E-state index in [1.165, 1.54) is 6.42 Å². The fourth-order valence-electron chi connectivity index (χ4n) is 4.97. The van der Waals surface area contributed by atoms with Gasteiger partial charge in [0, 0.05) is 0 Å². The molecule has 0 aromatic carbocycles. The molecule has 0 saturated heterocycles. The molecular formula is C14H23. The minimum atomic E-state index is 1.03. The van der Waals surface area contributed by atoms with Crippen LogP contribution in [0.2, 0.25) is 0 Å². The molecule has 0 unspecified atom stereocenters. The normalized spacial score (nSPS) is 50.4. The Kier molecular flexibility index (Phi) is 2.15. The van der Waals surface area contributed by atoms with Gasteiger partial charge in [-0.25, -0.2) is 0 Å². The molecule has 4 saturated carbocycles. The highest BCUT2D eigenvalue weighted by Gasteiger charge is 2.49. The van der Waals surface area contributed by atoms with Crippen molar-refractivity contribution in [3.63, 3.8) is 0 Å². The van der Waals surface area contributed by atoms with E-state index in [1.54, 1.807) is 32.1 Å². The molecule has 4 fully saturated rings. The zero-order valence-corrected chi connectivity index (χ0v) is 9.63. The molecule has 0 spiro atoms. The first-order valence-electron chi connectivity index (χ1n) is 6.60. The molecule has 4 aliphatic rings. The van der Waals surface area contributed by atoms with Crippen LogP contribution in [0, 0.1) is 35.5 Å². The molecule has 0 N–H and O–H groups in total. The molecule has 0 heterocycles. The molecule has 0 heteroatoms. The Morgan fingerprint density at radius 2 is 1.43 bits per heavy atom. The summed E-state index contributed by atoms with van der Waals surface area (Å²) in [5, 5.41) is 0. The summed E-state index contributed by atoms with van der Waals surface area (Å²) in [4.78, 5) is 0. The molecule has 14 heavy (non-hydrogen) atoms. The molecule has 0 aromatic heterocycles. The number of hydrogen-bond acceptors (Lipinski definition) is 0. The summed E-state index contributed by atoms with van der Waals surface area (Å²) in [6.45, 7) is 4.77. The zero-order valence-electron chi connectivity index (χ0n) is 9.63.